The van der Waals surface area contributed by atoms with Gasteiger partial charge < -0.3 is 10.0 Å². The number of aliphatic hydroxyl groups excluding tert-OH is 1. The van der Waals surface area contributed by atoms with E-state index in [2.05, 4.69) is 30.0 Å². The smallest absolute Gasteiger partial charge is 0.0497 e. The molecule has 1 aliphatic carbocycles. The zero-order valence-corrected chi connectivity index (χ0v) is 10.5. The Bertz CT molecular complexity index is 411. The number of hydrogen-bond acceptors (Lipinski definition) is 2. The van der Waals surface area contributed by atoms with Gasteiger partial charge in [-0.25, -0.2) is 0 Å². The standard InChI is InChI=1S/C15H21NO/c1-11(10-17)13-4-5-15-14(8-13)6-7-16(15)9-12-2-3-12/h4-5,8,11-12,17H,2-3,6-7,9-10H2,1H3. The molecular weight excluding hydrogens is 210 g/mol. The van der Waals surface area contributed by atoms with Crippen molar-refractivity contribution >= 4 is 5.69 Å². The van der Waals surface area contributed by atoms with Crippen LogP contribution in [0.25, 0.3) is 0 Å². The maximum absolute atomic E-state index is 9.21. The van der Waals surface area contributed by atoms with Crippen molar-refractivity contribution in [1.29, 1.82) is 0 Å². The summed E-state index contributed by atoms with van der Waals surface area (Å²) in [6.45, 7) is 4.76. The summed E-state index contributed by atoms with van der Waals surface area (Å²) in [6, 6.07) is 6.74. The van der Waals surface area contributed by atoms with Crippen LogP contribution in [0.1, 0.15) is 36.8 Å². The van der Waals surface area contributed by atoms with Crippen molar-refractivity contribution in [1.82, 2.24) is 0 Å². The number of fused-ring (bicyclic) bond motifs is 1. The average Bonchev–Trinajstić information content (AvgIpc) is 3.09. The Morgan fingerprint density at radius 1 is 1.41 bits per heavy atom. The molecular formula is C15H21NO. The van der Waals surface area contributed by atoms with Crippen molar-refractivity contribution in [3.63, 3.8) is 0 Å². The van der Waals surface area contributed by atoms with Crippen molar-refractivity contribution in [2.45, 2.75) is 32.1 Å². The lowest BCUT2D eigenvalue weighted by atomic mass is 9.99. The fraction of sp³-hybridized carbons (Fsp3) is 0.600. The van der Waals surface area contributed by atoms with Gasteiger partial charge in [-0.05, 0) is 42.4 Å². The van der Waals surface area contributed by atoms with Crippen LogP contribution in [-0.4, -0.2) is 24.8 Å². The van der Waals surface area contributed by atoms with E-state index in [4.69, 9.17) is 0 Å². The summed E-state index contributed by atoms with van der Waals surface area (Å²) in [4.78, 5) is 2.54. The molecule has 1 saturated carbocycles. The second-order valence-electron chi connectivity index (χ2n) is 5.61. The molecule has 2 aliphatic rings. The molecule has 0 amide bonds. The molecule has 1 unspecified atom stereocenters. The van der Waals surface area contributed by atoms with E-state index in [9.17, 15) is 5.11 Å². The normalized spacial score (nSPS) is 20.5. The van der Waals surface area contributed by atoms with Gasteiger partial charge in [0.1, 0.15) is 0 Å². The first-order chi connectivity index (χ1) is 8.28. The minimum Gasteiger partial charge on any atom is -0.396 e. The quantitative estimate of drug-likeness (QED) is 0.861. The zero-order valence-electron chi connectivity index (χ0n) is 10.5. The van der Waals surface area contributed by atoms with Crippen LogP contribution in [0.5, 0.6) is 0 Å². The Morgan fingerprint density at radius 2 is 2.24 bits per heavy atom. The molecule has 1 heterocycles. The number of rotatable bonds is 4. The first-order valence-corrected chi connectivity index (χ1v) is 6.76. The van der Waals surface area contributed by atoms with E-state index in [-0.39, 0.29) is 12.5 Å². The average molecular weight is 231 g/mol. The lowest BCUT2D eigenvalue weighted by Crippen LogP contribution is -2.22. The van der Waals surface area contributed by atoms with Crippen LogP contribution in [0, 0.1) is 5.92 Å². The van der Waals surface area contributed by atoms with Crippen LogP contribution in [-0.2, 0) is 6.42 Å². The number of hydrogen-bond donors (Lipinski definition) is 1. The van der Waals surface area contributed by atoms with Gasteiger partial charge in [0.05, 0.1) is 0 Å². The third-order valence-electron chi connectivity index (χ3n) is 4.11. The first-order valence-electron chi connectivity index (χ1n) is 6.76. The van der Waals surface area contributed by atoms with Crippen LogP contribution in [0.2, 0.25) is 0 Å². The molecule has 0 saturated heterocycles. The minimum absolute atomic E-state index is 0.241. The number of anilines is 1. The summed E-state index contributed by atoms with van der Waals surface area (Å²) in [5, 5.41) is 9.21. The topological polar surface area (TPSA) is 23.5 Å². The molecule has 0 spiro atoms. The van der Waals surface area contributed by atoms with Crippen molar-refractivity contribution in [3.05, 3.63) is 29.3 Å². The third kappa shape index (κ3) is 2.19. The molecule has 2 heteroatoms. The highest BCUT2D eigenvalue weighted by Crippen LogP contribution is 2.36. The number of aliphatic hydroxyl groups is 1. The van der Waals surface area contributed by atoms with Gasteiger partial charge >= 0.3 is 0 Å². The van der Waals surface area contributed by atoms with Gasteiger partial charge in [0.15, 0.2) is 0 Å². The summed E-state index contributed by atoms with van der Waals surface area (Å²) in [5.74, 6) is 1.22. The SMILES string of the molecule is CC(CO)c1ccc2c(c1)CCN2CC1CC1. The molecule has 0 aromatic heterocycles. The van der Waals surface area contributed by atoms with Crippen LogP contribution >= 0.6 is 0 Å². The van der Waals surface area contributed by atoms with Crippen LogP contribution in [0.15, 0.2) is 18.2 Å². The third-order valence-corrected chi connectivity index (χ3v) is 4.11. The predicted molar refractivity (Wildman–Crippen MR) is 70.6 cm³/mol. The van der Waals surface area contributed by atoms with E-state index in [0.29, 0.717) is 0 Å². The number of benzene rings is 1. The molecule has 3 rings (SSSR count). The van der Waals surface area contributed by atoms with Gasteiger partial charge in [-0.3, -0.25) is 0 Å². The van der Waals surface area contributed by atoms with Gasteiger partial charge in [-0.2, -0.15) is 0 Å². The lowest BCUT2D eigenvalue weighted by Gasteiger charge is -2.19. The van der Waals surface area contributed by atoms with E-state index >= 15 is 0 Å². The van der Waals surface area contributed by atoms with Crippen LogP contribution < -0.4 is 4.90 Å². The van der Waals surface area contributed by atoms with Gasteiger partial charge in [-0.1, -0.05) is 19.1 Å². The maximum atomic E-state index is 9.21. The Balaban J connectivity index is 1.80. The summed E-state index contributed by atoms with van der Waals surface area (Å²) in [7, 11) is 0. The predicted octanol–water partition coefficient (Wildman–Crippen LogP) is 2.55. The first kappa shape index (κ1) is 11.1. The maximum Gasteiger partial charge on any atom is 0.0497 e. The van der Waals surface area contributed by atoms with Crippen molar-refractivity contribution in [2.75, 3.05) is 24.6 Å². The van der Waals surface area contributed by atoms with Crippen LogP contribution in [0.4, 0.5) is 5.69 Å². The lowest BCUT2D eigenvalue weighted by molar-refractivity contribution is 0.273. The summed E-state index contributed by atoms with van der Waals surface area (Å²) >= 11 is 0. The van der Waals surface area contributed by atoms with Gasteiger partial charge in [0.2, 0.25) is 0 Å². The number of nitrogens with zero attached hydrogens (tertiary/aromatic N) is 1. The monoisotopic (exact) mass is 231 g/mol. The molecule has 0 bridgehead atoms. The van der Waals surface area contributed by atoms with E-state index in [0.717, 1.165) is 5.92 Å². The molecule has 0 radical (unpaired) electrons. The van der Waals surface area contributed by atoms with Crippen molar-refractivity contribution < 1.29 is 5.11 Å². The minimum atomic E-state index is 0.241. The van der Waals surface area contributed by atoms with Crippen molar-refractivity contribution in [2.24, 2.45) is 5.92 Å². The molecule has 2 nitrogen and oxygen atoms in total. The molecule has 1 atom stereocenters. The molecule has 1 aromatic rings. The summed E-state index contributed by atoms with van der Waals surface area (Å²) in [5.41, 5.74) is 4.19. The Kier molecular flexibility index (Phi) is 2.83. The van der Waals surface area contributed by atoms with Crippen molar-refractivity contribution in [3.8, 4) is 0 Å². The van der Waals surface area contributed by atoms with E-state index in [1.54, 1.807) is 0 Å². The summed E-state index contributed by atoms with van der Waals surface area (Å²) in [6.07, 6.45) is 4.02. The fourth-order valence-corrected chi connectivity index (χ4v) is 2.70. The van der Waals surface area contributed by atoms with Gasteiger partial charge in [0.25, 0.3) is 0 Å². The molecule has 92 valence electrons. The largest absolute Gasteiger partial charge is 0.396 e. The molecule has 1 N–H and O–H groups in total. The highest BCUT2D eigenvalue weighted by atomic mass is 16.3. The second-order valence-corrected chi connectivity index (χ2v) is 5.61. The molecule has 17 heavy (non-hydrogen) atoms. The zero-order chi connectivity index (χ0) is 11.8. The van der Waals surface area contributed by atoms with E-state index in [1.165, 1.54) is 49.2 Å². The molecule has 1 fully saturated rings. The van der Waals surface area contributed by atoms with E-state index in [1.807, 2.05) is 0 Å². The Labute approximate surface area is 103 Å². The molecule has 1 aliphatic heterocycles. The fourth-order valence-electron chi connectivity index (χ4n) is 2.70. The van der Waals surface area contributed by atoms with Gasteiger partial charge in [-0.15, -0.1) is 0 Å². The van der Waals surface area contributed by atoms with E-state index < -0.39 is 0 Å². The Morgan fingerprint density at radius 3 is 2.94 bits per heavy atom. The molecule has 1 aromatic carbocycles. The highest BCUT2D eigenvalue weighted by Gasteiger charge is 2.28. The second kappa shape index (κ2) is 4.34. The Hall–Kier alpha value is -1.02. The van der Waals surface area contributed by atoms with Crippen LogP contribution in [0.3, 0.4) is 0 Å². The highest BCUT2D eigenvalue weighted by molar-refractivity contribution is 5.59. The van der Waals surface area contributed by atoms with Gasteiger partial charge in [0, 0.05) is 31.3 Å². The summed E-state index contributed by atoms with van der Waals surface area (Å²) < 4.78 is 0.